The second-order valence-corrected chi connectivity index (χ2v) is 8.35. The Morgan fingerprint density at radius 2 is 1.77 bits per heavy atom. The number of anilines is 2. The fraction of sp³-hybridized carbons (Fsp3) is 0.308. The summed E-state index contributed by atoms with van der Waals surface area (Å²) >= 11 is 0. The molecule has 0 saturated carbocycles. The monoisotopic (exact) mass is 420 g/mol. The maximum absolute atomic E-state index is 13.9. The van der Waals surface area contributed by atoms with E-state index in [0.717, 1.165) is 67.1 Å². The number of benzene rings is 3. The summed E-state index contributed by atoms with van der Waals surface area (Å²) in [5, 5.41) is 0. The molecule has 1 unspecified atom stereocenters. The first kappa shape index (κ1) is 20.0. The third-order valence-electron chi connectivity index (χ3n) is 6.34. The third kappa shape index (κ3) is 4.28. The van der Waals surface area contributed by atoms with Crippen LogP contribution in [0.5, 0.6) is 5.75 Å². The van der Waals surface area contributed by atoms with Gasteiger partial charge in [0.15, 0.2) is 0 Å². The molecule has 3 nitrogen and oxygen atoms in total. The molecule has 0 spiro atoms. The van der Waals surface area contributed by atoms with Gasteiger partial charge in [-0.15, -0.1) is 0 Å². The van der Waals surface area contributed by atoms with Gasteiger partial charge in [0.05, 0.1) is 5.69 Å². The second kappa shape index (κ2) is 8.67. The Morgan fingerprint density at radius 3 is 2.68 bits per heavy atom. The molecule has 5 rings (SSSR count). The lowest BCUT2D eigenvalue weighted by atomic mass is 10.1. The number of rotatable bonds is 5. The molecule has 1 fully saturated rings. The Kier molecular flexibility index (Phi) is 5.60. The highest BCUT2D eigenvalue weighted by molar-refractivity contribution is 5.73. The summed E-state index contributed by atoms with van der Waals surface area (Å²) in [6, 6.07) is 20.2. The summed E-state index contributed by atoms with van der Waals surface area (Å²) in [5.41, 5.74) is 3.91. The van der Waals surface area contributed by atoms with Gasteiger partial charge in [-0.05, 0) is 73.8 Å². The van der Waals surface area contributed by atoms with Crippen LogP contribution < -0.4 is 9.64 Å². The van der Waals surface area contributed by atoms with Crippen LogP contribution in [0.4, 0.5) is 20.2 Å². The fourth-order valence-electron chi connectivity index (χ4n) is 4.79. The number of para-hydroxylation sites is 2. The average molecular weight is 421 g/mol. The van der Waals surface area contributed by atoms with Crippen molar-refractivity contribution in [2.75, 3.05) is 24.5 Å². The Labute approximate surface area is 181 Å². The number of ether oxygens (including phenoxy) is 1. The molecule has 0 N–H and O–H groups in total. The number of halogens is 2. The number of hydrogen-bond acceptors (Lipinski definition) is 3. The highest BCUT2D eigenvalue weighted by Crippen LogP contribution is 2.40. The van der Waals surface area contributed by atoms with E-state index in [9.17, 15) is 8.78 Å². The fourth-order valence-corrected chi connectivity index (χ4v) is 4.79. The maximum Gasteiger partial charge on any atom is 0.143 e. The molecule has 31 heavy (non-hydrogen) atoms. The second-order valence-electron chi connectivity index (χ2n) is 8.35. The van der Waals surface area contributed by atoms with Gasteiger partial charge in [0.1, 0.15) is 24.0 Å². The van der Waals surface area contributed by atoms with Crippen molar-refractivity contribution in [2.24, 2.45) is 0 Å². The Hall–Kier alpha value is -2.92. The molecule has 3 aromatic rings. The maximum atomic E-state index is 13.9. The summed E-state index contributed by atoms with van der Waals surface area (Å²) in [4.78, 5) is 4.78. The minimum absolute atomic E-state index is 0.180. The minimum Gasteiger partial charge on any atom is -0.487 e. The summed E-state index contributed by atoms with van der Waals surface area (Å²) in [6.45, 7) is 3.11. The smallest absolute Gasteiger partial charge is 0.143 e. The molecular weight excluding hydrogens is 394 g/mol. The van der Waals surface area contributed by atoms with Gasteiger partial charge in [-0.25, -0.2) is 8.78 Å². The predicted octanol–water partition coefficient (Wildman–Crippen LogP) is 5.70. The van der Waals surface area contributed by atoms with Gasteiger partial charge >= 0.3 is 0 Å². The van der Waals surface area contributed by atoms with Crippen LogP contribution in [0.3, 0.4) is 0 Å². The van der Waals surface area contributed by atoms with E-state index < -0.39 is 0 Å². The SMILES string of the molecule is Fc1cccc(CCN2CCCC2CN2c3ccc(F)cc3COc3ccccc32)c1. The highest BCUT2D eigenvalue weighted by Gasteiger charge is 2.30. The van der Waals surface area contributed by atoms with Crippen LogP contribution >= 0.6 is 0 Å². The summed E-state index contributed by atoms with van der Waals surface area (Å²) in [6.07, 6.45) is 3.09. The van der Waals surface area contributed by atoms with Gasteiger partial charge < -0.3 is 9.64 Å². The highest BCUT2D eigenvalue weighted by atomic mass is 19.1. The Bertz CT molecular complexity index is 1070. The number of nitrogens with zero attached hydrogens (tertiary/aromatic N) is 2. The van der Waals surface area contributed by atoms with Gasteiger partial charge in [-0.3, -0.25) is 4.90 Å². The first-order chi connectivity index (χ1) is 15.2. The standard InChI is InChI=1S/C26H26F2N2O/c27-21-6-3-5-19(15-21)12-14-29-13-4-7-23(29)17-30-24-11-10-22(28)16-20(24)18-31-26-9-2-1-8-25(26)30/h1-3,5-6,8-11,15-16,23H,4,7,12-14,17-18H2. The predicted molar refractivity (Wildman–Crippen MR) is 119 cm³/mol. The van der Waals surface area contributed by atoms with Gasteiger partial charge in [-0.1, -0.05) is 24.3 Å². The van der Waals surface area contributed by atoms with Crippen molar-refractivity contribution in [3.63, 3.8) is 0 Å². The molecule has 0 radical (unpaired) electrons. The molecule has 0 bridgehead atoms. The molecule has 3 aromatic carbocycles. The van der Waals surface area contributed by atoms with E-state index in [4.69, 9.17) is 4.74 Å². The van der Waals surface area contributed by atoms with Gasteiger partial charge in [-0.2, -0.15) is 0 Å². The van der Waals surface area contributed by atoms with Gasteiger partial charge in [0.2, 0.25) is 0 Å². The Balaban J connectivity index is 1.39. The number of likely N-dealkylation sites (tertiary alicyclic amines) is 1. The van der Waals surface area contributed by atoms with Gasteiger partial charge in [0.25, 0.3) is 0 Å². The molecule has 0 amide bonds. The van der Waals surface area contributed by atoms with E-state index >= 15 is 0 Å². The molecule has 5 heteroatoms. The van der Waals surface area contributed by atoms with E-state index in [2.05, 4.69) is 15.9 Å². The van der Waals surface area contributed by atoms with Crippen LogP contribution in [-0.4, -0.2) is 30.6 Å². The molecule has 160 valence electrons. The quantitative estimate of drug-likeness (QED) is 0.526. The molecule has 0 aliphatic carbocycles. The van der Waals surface area contributed by atoms with Crippen LogP contribution in [0.25, 0.3) is 0 Å². The zero-order chi connectivity index (χ0) is 21.2. The van der Waals surface area contributed by atoms with Gasteiger partial charge in [0, 0.05) is 30.4 Å². The van der Waals surface area contributed by atoms with Crippen LogP contribution in [-0.2, 0) is 13.0 Å². The van der Waals surface area contributed by atoms with E-state index in [-0.39, 0.29) is 11.6 Å². The zero-order valence-corrected chi connectivity index (χ0v) is 17.4. The molecule has 2 aliphatic heterocycles. The van der Waals surface area contributed by atoms with Crippen molar-refractivity contribution in [1.29, 1.82) is 0 Å². The van der Waals surface area contributed by atoms with Crippen LogP contribution in [0.15, 0.2) is 66.7 Å². The van der Waals surface area contributed by atoms with Crippen molar-refractivity contribution in [2.45, 2.75) is 31.9 Å². The number of hydrogen-bond donors (Lipinski definition) is 0. The molecule has 0 aromatic heterocycles. The van der Waals surface area contributed by atoms with E-state index in [1.807, 2.05) is 30.3 Å². The zero-order valence-electron chi connectivity index (χ0n) is 17.4. The summed E-state index contributed by atoms with van der Waals surface area (Å²) in [5.74, 6) is 0.398. The lowest BCUT2D eigenvalue weighted by Gasteiger charge is -2.32. The van der Waals surface area contributed by atoms with Crippen LogP contribution in [0.2, 0.25) is 0 Å². The topological polar surface area (TPSA) is 15.7 Å². The van der Waals surface area contributed by atoms with E-state index in [1.54, 1.807) is 18.2 Å². The van der Waals surface area contributed by atoms with Crippen molar-refractivity contribution >= 4 is 11.4 Å². The van der Waals surface area contributed by atoms with Crippen LogP contribution in [0.1, 0.15) is 24.0 Å². The minimum atomic E-state index is -0.245. The molecule has 2 heterocycles. The first-order valence-corrected chi connectivity index (χ1v) is 10.9. The average Bonchev–Trinajstić information content (AvgIpc) is 3.16. The molecular formula is C26H26F2N2O. The largest absolute Gasteiger partial charge is 0.487 e. The number of fused-ring (bicyclic) bond motifs is 2. The first-order valence-electron chi connectivity index (χ1n) is 10.9. The normalized spacial score (nSPS) is 18.3. The van der Waals surface area contributed by atoms with Crippen LogP contribution in [0, 0.1) is 11.6 Å². The van der Waals surface area contributed by atoms with E-state index in [0.29, 0.717) is 12.6 Å². The molecule has 1 atom stereocenters. The molecule has 2 aliphatic rings. The summed E-state index contributed by atoms with van der Waals surface area (Å²) < 4.78 is 33.5. The van der Waals surface area contributed by atoms with E-state index in [1.165, 1.54) is 12.1 Å². The van der Waals surface area contributed by atoms with Crippen molar-refractivity contribution in [1.82, 2.24) is 4.90 Å². The third-order valence-corrected chi connectivity index (χ3v) is 6.34. The van der Waals surface area contributed by atoms with Crippen molar-refractivity contribution in [3.05, 3.63) is 89.5 Å². The van der Waals surface area contributed by atoms with Crippen molar-refractivity contribution < 1.29 is 13.5 Å². The lowest BCUT2D eigenvalue weighted by molar-refractivity contribution is 0.261. The molecule has 1 saturated heterocycles. The van der Waals surface area contributed by atoms with Crippen molar-refractivity contribution in [3.8, 4) is 5.75 Å². The Morgan fingerprint density at radius 1 is 0.903 bits per heavy atom. The lowest BCUT2D eigenvalue weighted by Crippen LogP contribution is -2.39. The summed E-state index contributed by atoms with van der Waals surface area (Å²) in [7, 11) is 0.